The third-order valence-corrected chi connectivity index (χ3v) is 2.33. The highest BCUT2D eigenvalue weighted by atomic mass is 16.3. The third-order valence-electron chi connectivity index (χ3n) is 2.33. The summed E-state index contributed by atoms with van der Waals surface area (Å²) in [4.78, 5) is 6.56. The van der Waals surface area contributed by atoms with E-state index in [2.05, 4.69) is 9.89 Å². The Hall–Kier alpha value is -1.25. The number of hydrogen-bond acceptors (Lipinski definition) is 3. The molecule has 0 saturated carbocycles. The van der Waals surface area contributed by atoms with Crippen molar-refractivity contribution in [2.75, 3.05) is 6.54 Å². The van der Waals surface area contributed by atoms with Crippen LogP contribution in [-0.2, 0) is 6.54 Å². The summed E-state index contributed by atoms with van der Waals surface area (Å²) in [5, 5.41) is 0. The van der Waals surface area contributed by atoms with E-state index in [0.717, 1.165) is 13.1 Å². The predicted molar refractivity (Wildman–Crippen MR) is 40.4 cm³/mol. The molecular weight excluding hydrogens is 140 g/mol. The van der Waals surface area contributed by atoms with E-state index in [9.17, 15) is 0 Å². The summed E-state index contributed by atoms with van der Waals surface area (Å²) in [6.45, 7) is 2.00. The second-order valence-corrected chi connectivity index (χ2v) is 3.06. The minimum Gasteiger partial charge on any atom is -0.472 e. The zero-order chi connectivity index (χ0) is 7.26. The smallest absolute Gasteiger partial charge is 0.0975 e. The van der Waals surface area contributed by atoms with Crippen molar-refractivity contribution in [3.63, 3.8) is 0 Å². The monoisotopic (exact) mass is 148 g/mol. The van der Waals surface area contributed by atoms with Gasteiger partial charge in [0.05, 0.1) is 24.9 Å². The lowest BCUT2D eigenvalue weighted by molar-refractivity contribution is 0.403. The first-order chi connectivity index (χ1) is 5.43. The van der Waals surface area contributed by atoms with Gasteiger partial charge in [0.2, 0.25) is 0 Å². The topological polar surface area (TPSA) is 28.7 Å². The van der Waals surface area contributed by atoms with Crippen molar-refractivity contribution in [1.82, 2.24) is 4.90 Å². The Kier molecular flexibility index (Phi) is 0.820. The molecule has 0 spiro atoms. The molecule has 1 unspecified atom stereocenters. The van der Waals surface area contributed by atoms with E-state index in [4.69, 9.17) is 4.42 Å². The van der Waals surface area contributed by atoms with Crippen LogP contribution in [0.5, 0.6) is 0 Å². The van der Waals surface area contributed by atoms with E-state index in [1.165, 1.54) is 11.1 Å². The maximum atomic E-state index is 5.12. The van der Waals surface area contributed by atoms with Crippen molar-refractivity contribution in [2.24, 2.45) is 4.99 Å². The van der Waals surface area contributed by atoms with Crippen molar-refractivity contribution in [2.45, 2.75) is 12.6 Å². The van der Waals surface area contributed by atoms with Gasteiger partial charge in [0.15, 0.2) is 0 Å². The van der Waals surface area contributed by atoms with Gasteiger partial charge in [-0.15, -0.1) is 0 Å². The lowest BCUT2D eigenvalue weighted by atomic mass is 10.0. The molecule has 1 aromatic rings. The van der Waals surface area contributed by atoms with Crippen molar-refractivity contribution < 1.29 is 4.42 Å². The number of hydrogen-bond donors (Lipinski definition) is 0. The largest absolute Gasteiger partial charge is 0.472 e. The summed E-state index contributed by atoms with van der Waals surface area (Å²) in [6, 6.07) is 0.345. The van der Waals surface area contributed by atoms with Crippen molar-refractivity contribution in [3.05, 3.63) is 23.7 Å². The zero-order valence-electron chi connectivity index (χ0n) is 6.03. The second kappa shape index (κ2) is 1.67. The van der Waals surface area contributed by atoms with E-state index < -0.39 is 0 Å². The molecule has 0 amide bonds. The van der Waals surface area contributed by atoms with Gasteiger partial charge in [0, 0.05) is 24.2 Å². The van der Waals surface area contributed by atoms with E-state index in [1.54, 1.807) is 0 Å². The highest BCUT2D eigenvalue weighted by Gasteiger charge is 2.28. The number of nitrogens with zero attached hydrogens (tertiary/aromatic N) is 2. The minimum absolute atomic E-state index is 0.345. The lowest BCUT2D eigenvalue weighted by Gasteiger charge is -2.21. The van der Waals surface area contributed by atoms with Crippen molar-refractivity contribution in [1.29, 1.82) is 0 Å². The van der Waals surface area contributed by atoms with E-state index in [-0.39, 0.29) is 0 Å². The number of fused-ring (bicyclic) bond motifs is 4. The number of rotatable bonds is 0. The van der Waals surface area contributed by atoms with Gasteiger partial charge in [-0.25, -0.2) is 0 Å². The minimum atomic E-state index is 0.345. The summed E-state index contributed by atoms with van der Waals surface area (Å²) < 4.78 is 5.12. The highest BCUT2D eigenvalue weighted by molar-refractivity contribution is 5.60. The average Bonchev–Trinajstić information content (AvgIpc) is 2.58. The molecule has 2 aliphatic rings. The first-order valence-corrected chi connectivity index (χ1v) is 3.76. The molecule has 56 valence electrons. The van der Waals surface area contributed by atoms with Crippen LogP contribution in [-0.4, -0.2) is 17.8 Å². The van der Waals surface area contributed by atoms with Crippen molar-refractivity contribution >= 4 is 6.34 Å². The molecule has 1 aromatic heterocycles. The standard InChI is InChI=1S/C8H8N2O/c1-6-3-11-4-7(6)8-2-10(1)5-9-8/h3-5,8H,1-2H2. The molecule has 3 heteroatoms. The Labute approximate surface area is 64.3 Å². The first-order valence-electron chi connectivity index (χ1n) is 3.76. The Morgan fingerprint density at radius 2 is 2.55 bits per heavy atom. The van der Waals surface area contributed by atoms with Gasteiger partial charge < -0.3 is 9.32 Å². The van der Waals surface area contributed by atoms with Crippen LogP contribution in [0.4, 0.5) is 0 Å². The maximum absolute atomic E-state index is 5.12. The molecule has 2 bridgehead atoms. The van der Waals surface area contributed by atoms with Gasteiger partial charge in [0.25, 0.3) is 0 Å². The fourth-order valence-corrected chi connectivity index (χ4v) is 1.75. The normalized spacial score (nSPS) is 25.8. The molecule has 2 aliphatic heterocycles. The summed E-state index contributed by atoms with van der Waals surface area (Å²) in [7, 11) is 0. The maximum Gasteiger partial charge on any atom is 0.0975 e. The van der Waals surface area contributed by atoms with E-state index in [0.29, 0.717) is 6.04 Å². The molecule has 0 radical (unpaired) electrons. The summed E-state index contributed by atoms with van der Waals surface area (Å²) >= 11 is 0. The number of furan rings is 1. The molecule has 0 aliphatic carbocycles. The molecule has 0 aromatic carbocycles. The summed E-state index contributed by atoms with van der Waals surface area (Å²) in [5.41, 5.74) is 2.56. The van der Waals surface area contributed by atoms with Crippen LogP contribution in [0.15, 0.2) is 21.9 Å². The van der Waals surface area contributed by atoms with E-state index in [1.807, 2.05) is 18.9 Å². The Bertz CT molecular complexity index is 316. The van der Waals surface area contributed by atoms with Gasteiger partial charge in [-0.05, 0) is 0 Å². The van der Waals surface area contributed by atoms with Crippen LogP contribution in [0.2, 0.25) is 0 Å². The third kappa shape index (κ3) is 0.601. The summed E-state index contributed by atoms with van der Waals surface area (Å²) in [5.74, 6) is 0. The van der Waals surface area contributed by atoms with Crippen LogP contribution in [0, 0.1) is 0 Å². The van der Waals surface area contributed by atoms with Gasteiger partial charge in [-0.3, -0.25) is 4.99 Å². The molecule has 11 heavy (non-hydrogen) atoms. The Morgan fingerprint density at radius 1 is 1.55 bits per heavy atom. The van der Waals surface area contributed by atoms with Crippen LogP contribution >= 0.6 is 0 Å². The number of aliphatic imine (C=N–C) groups is 1. The fraction of sp³-hybridized carbons (Fsp3) is 0.375. The molecule has 3 nitrogen and oxygen atoms in total. The second-order valence-electron chi connectivity index (χ2n) is 3.06. The molecule has 1 atom stereocenters. The quantitative estimate of drug-likeness (QED) is 0.552. The molecule has 0 fully saturated rings. The molecule has 3 heterocycles. The van der Waals surface area contributed by atoms with Crippen molar-refractivity contribution in [3.8, 4) is 0 Å². The summed E-state index contributed by atoms with van der Waals surface area (Å²) in [6.07, 6.45) is 5.58. The molecule has 3 rings (SSSR count). The van der Waals surface area contributed by atoms with Crippen LogP contribution in [0.1, 0.15) is 17.2 Å². The fourth-order valence-electron chi connectivity index (χ4n) is 1.75. The molecule has 0 saturated heterocycles. The predicted octanol–water partition coefficient (Wildman–Crippen LogP) is 1.18. The lowest BCUT2D eigenvalue weighted by Crippen LogP contribution is -2.24. The Morgan fingerprint density at radius 3 is 3.55 bits per heavy atom. The van der Waals surface area contributed by atoms with Crippen LogP contribution < -0.4 is 0 Å². The van der Waals surface area contributed by atoms with Gasteiger partial charge >= 0.3 is 0 Å². The van der Waals surface area contributed by atoms with Crippen LogP contribution in [0.3, 0.4) is 0 Å². The highest BCUT2D eigenvalue weighted by Crippen LogP contribution is 2.32. The SMILES string of the molecule is C1=NC2CN1Cc1cocc12. The Balaban J connectivity index is 2.18. The first kappa shape index (κ1) is 5.41. The van der Waals surface area contributed by atoms with E-state index >= 15 is 0 Å². The van der Waals surface area contributed by atoms with Gasteiger partial charge in [-0.1, -0.05) is 0 Å². The molecule has 0 N–H and O–H groups in total. The zero-order valence-corrected chi connectivity index (χ0v) is 6.03. The average molecular weight is 148 g/mol. The van der Waals surface area contributed by atoms with Crippen LogP contribution in [0.25, 0.3) is 0 Å². The van der Waals surface area contributed by atoms with Gasteiger partial charge in [-0.2, -0.15) is 0 Å². The molecular formula is C8H8N2O. The van der Waals surface area contributed by atoms with Gasteiger partial charge in [0.1, 0.15) is 0 Å².